The number of rotatable bonds is 0. The van der Waals surface area contributed by atoms with Crippen molar-refractivity contribution in [3.05, 3.63) is 12.2 Å². The molecule has 1 aliphatic carbocycles. The fourth-order valence-electron chi connectivity index (χ4n) is 2.98. The Balaban J connectivity index is 2.80. The summed E-state index contributed by atoms with van der Waals surface area (Å²) in [5, 5.41) is 0. The van der Waals surface area contributed by atoms with Gasteiger partial charge in [0.25, 0.3) is 0 Å². The molecular weight excluding hydrogens is 248 g/mol. The molecule has 0 aromatic rings. The van der Waals surface area contributed by atoms with Crippen LogP contribution in [0.15, 0.2) is 12.2 Å². The maximum absolute atomic E-state index is 12.3. The lowest BCUT2D eigenvalue weighted by atomic mass is 9.78. The average Bonchev–Trinajstić information content (AvgIpc) is 2.36. The zero-order valence-corrected chi connectivity index (χ0v) is 13.6. The molecule has 0 amide bonds. The summed E-state index contributed by atoms with van der Waals surface area (Å²) < 4.78 is 0. The fourth-order valence-corrected chi connectivity index (χ4v) is 2.98. The van der Waals surface area contributed by atoms with E-state index in [0.29, 0.717) is 36.7 Å². The van der Waals surface area contributed by atoms with E-state index in [2.05, 4.69) is 20.4 Å². The minimum atomic E-state index is -0.449. The van der Waals surface area contributed by atoms with Crippen LogP contribution in [-0.2, 0) is 9.59 Å². The van der Waals surface area contributed by atoms with Gasteiger partial charge in [0.15, 0.2) is 5.78 Å². The molecule has 1 saturated carbocycles. The van der Waals surface area contributed by atoms with Gasteiger partial charge in [-0.1, -0.05) is 47.1 Å². The van der Waals surface area contributed by atoms with Gasteiger partial charge in [0.05, 0.1) is 0 Å². The smallest absolute Gasteiger partial charge is 0.158 e. The van der Waals surface area contributed by atoms with E-state index in [0.717, 1.165) is 25.7 Å². The van der Waals surface area contributed by atoms with Gasteiger partial charge in [-0.15, -0.1) is 0 Å². The van der Waals surface area contributed by atoms with Crippen molar-refractivity contribution in [2.24, 2.45) is 17.3 Å². The summed E-state index contributed by atoms with van der Waals surface area (Å²) in [4.78, 5) is 24.4. The molecule has 0 saturated heterocycles. The first-order valence-electron chi connectivity index (χ1n) is 7.98. The van der Waals surface area contributed by atoms with E-state index in [1.165, 1.54) is 0 Å². The second-order valence-corrected chi connectivity index (χ2v) is 7.25. The van der Waals surface area contributed by atoms with Crippen molar-refractivity contribution in [2.45, 2.75) is 72.6 Å². The maximum atomic E-state index is 12.3. The van der Waals surface area contributed by atoms with Crippen LogP contribution in [0.2, 0.25) is 0 Å². The Kier molecular flexibility index (Phi) is 6.16. The van der Waals surface area contributed by atoms with Crippen LogP contribution in [0.4, 0.5) is 0 Å². The molecule has 0 aromatic carbocycles. The Morgan fingerprint density at radius 2 is 1.50 bits per heavy atom. The van der Waals surface area contributed by atoms with Crippen molar-refractivity contribution in [1.82, 2.24) is 0 Å². The number of allylic oxidation sites excluding steroid dienone is 1. The molecule has 1 fully saturated rings. The molecule has 2 nitrogen and oxygen atoms in total. The Morgan fingerprint density at radius 3 is 2.05 bits per heavy atom. The van der Waals surface area contributed by atoms with Gasteiger partial charge in [-0.25, -0.2) is 0 Å². The van der Waals surface area contributed by atoms with Gasteiger partial charge < -0.3 is 0 Å². The number of Topliss-reactive ketones (excluding diaryl/α,β-unsaturated/α-hetero) is 2. The van der Waals surface area contributed by atoms with Crippen LogP contribution in [0, 0.1) is 17.3 Å². The summed E-state index contributed by atoms with van der Waals surface area (Å²) in [5.74, 6) is 1.67. The predicted octanol–water partition coefficient (Wildman–Crippen LogP) is 4.72. The van der Waals surface area contributed by atoms with Gasteiger partial charge in [-0.05, 0) is 36.7 Å². The van der Waals surface area contributed by atoms with Gasteiger partial charge in [0.2, 0.25) is 0 Å². The highest BCUT2D eigenvalue weighted by atomic mass is 16.1. The van der Waals surface area contributed by atoms with Crippen molar-refractivity contribution in [3.8, 4) is 0 Å². The van der Waals surface area contributed by atoms with Crippen LogP contribution in [-0.4, -0.2) is 11.6 Å². The van der Waals surface area contributed by atoms with Crippen molar-refractivity contribution in [3.63, 3.8) is 0 Å². The SMILES string of the molecule is C=C1CC(C)(C)C(=O)CCC[C@@H](C)[C@@H](C)CCCC1=O. The first-order chi connectivity index (χ1) is 9.24. The fraction of sp³-hybridized carbons (Fsp3) is 0.778. The molecule has 0 unspecified atom stereocenters. The first kappa shape index (κ1) is 17.1. The van der Waals surface area contributed by atoms with Crippen molar-refractivity contribution in [2.75, 3.05) is 0 Å². The van der Waals surface area contributed by atoms with Crippen LogP contribution >= 0.6 is 0 Å². The summed E-state index contributed by atoms with van der Waals surface area (Å²) in [6, 6.07) is 0. The van der Waals surface area contributed by atoms with E-state index in [1.54, 1.807) is 0 Å². The molecule has 0 aromatic heterocycles. The molecule has 0 radical (unpaired) electrons. The quantitative estimate of drug-likeness (QED) is 0.601. The molecule has 114 valence electrons. The monoisotopic (exact) mass is 278 g/mol. The minimum absolute atomic E-state index is 0.143. The first-order valence-corrected chi connectivity index (χ1v) is 7.98. The Hall–Kier alpha value is -0.920. The summed E-state index contributed by atoms with van der Waals surface area (Å²) in [7, 11) is 0. The summed E-state index contributed by atoms with van der Waals surface area (Å²) >= 11 is 0. The number of hydrogen-bond donors (Lipinski definition) is 0. The lowest BCUT2D eigenvalue weighted by Gasteiger charge is -2.24. The molecule has 0 heterocycles. The number of ketones is 2. The second-order valence-electron chi connectivity index (χ2n) is 7.25. The summed E-state index contributed by atoms with van der Waals surface area (Å²) in [5.41, 5.74) is 0.179. The Morgan fingerprint density at radius 1 is 1.00 bits per heavy atom. The van der Waals surface area contributed by atoms with E-state index in [4.69, 9.17) is 0 Å². The molecule has 1 rings (SSSR count). The van der Waals surface area contributed by atoms with Gasteiger partial charge in [-0.2, -0.15) is 0 Å². The largest absolute Gasteiger partial charge is 0.299 e. The number of hydrogen-bond acceptors (Lipinski definition) is 2. The van der Waals surface area contributed by atoms with E-state index in [-0.39, 0.29) is 11.6 Å². The average molecular weight is 278 g/mol. The lowest BCUT2D eigenvalue weighted by Crippen LogP contribution is -2.26. The normalized spacial score (nSPS) is 30.3. The zero-order chi connectivity index (χ0) is 15.3. The summed E-state index contributed by atoms with van der Waals surface area (Å²) in [6.45, 7) is 12.3. The van der Waals surface area contributed by atoms with Crippen LogP contribution < -0.4 is 0 Å². The van der Waals surface area contributed by atoms with E-state index in [1.807, 2.05) is 13.8 Å². The molecule has 0 bridgehead atoms. The van der Waals surface area contributed by atoms with Gasteiger partial charge in [0, 0.05) is 18.3 Å². The second kappa shape index (κ2) is 7.19. The Labute approximate surface area is 124 Å². The molecule has 0 N–H and O–H groups in total. The number of carbonyl (C=O) groups excluding carboxylic acids is 2. The van der Waals surface area contributed by atoms with Crippen LogP contribution in [0.5, 0.6) is 0 Å². The van der Waals surface area contributed by atoms with E-state index < -0.39 is 5.41 Å². The third kappa shape index (κ3) is 4.88. The molecular formula is C18H30O2. The molecule has 2 atom stereocenters. The summed E-state index contributed by atoms with van der Waals surface area (Å²) in [6.07, 6.45) is 5.84. The highest BCUT2D eigenvalue weighted by Gasteiger charge is 2.29. The highest BCUT2D eigenvalue weighted by molar-refractivity contribution is 5.96. The Bertz CT molecular complexity index is 379. The standard InChI is InChI=1S/C18H30O2/c1-13-8-6-10-16(19)15(3)12-18(4,5)17(20)11-7-9-14(13)2/h13-14H,3,6-12H2,1-2,4-5H3/t13-,14+/m0/s1. The van der Waals surface area contributed by atoms with E-state index in [9.17, 15) is 9.59 Å². The molecule has 0 spiro atoms. The predicted molar refractivity (Wildman–Crippen MR) is 83.6 cm³/mol. The van der Waals surface area contributed by atoms with Crippen LogP contribution in [0.3, 0.4) is 0 Å². The highest BCUT2D eigenvalue weighted by Crippen LogP contribution is 2.31. The van der Waals surface area contributed by atoms with E-state index >= 15 is 0 Å². The van der Waals surface area contributed by atoms with Gasteiger partial charge in [0.1, 0.15) is 5.78 Å². The molecule has 2 heteroatoms. The molecule has 0 aliphatic heterocycles. The minimum Gasteiger partial charge on any atom is -0.299 e. The maximum Gasteiger partial charge on any atom is 0.158 e. The van der Waals surface area contributed by atoms with Gasteiger partial charge in [-0.3, -0.25) is 9.59 Å². The van der Waals surface area contributed by atoms with Crippen molar-refractivity contribution in [1.29, 1.82) is 0 Å². The topological polar surface area (TPSA) is 34.1 Å². The number of carbonyl (C=O) groups is 2. The van der Waals surface area contributed by atoms with Gasteiger partial charge >= 0.3 is 0 Å². The van der Waals surface area contributed by atoms with Crippen molar-refractivity contribution < 1.29 is 9.59 Å². The molecule has 20 heavy (non-hydrogen) atoms. The molecule has 1 aliphatic rings. The third-order valence-electron chi connectivity index (χ3n) is 4.90. The van der Waals surface area contributed by atoms with Crippen LogP contribution in [0.1, 0.15) is 72.6 Å². The third-order valence-corrected chi connectivity index (χ3v) is 4.90. The lowest BCUT2D eigenvalue weighted by molar-refractivity contribution is -0.127. The zero-order valence-electron chi connectivity index (χ0n) is 13.6. The van der Waals surface area contributed by atoms with Crippen LogP contribution in [0.25, 0.3) is 0 Å². The van der Waals surface area contributed by atoms with Crippen molar-refractivity contribution >= 4 is 11.6 Å².